The molecule has 30 heavy (non-hydrogen) atoms. The second-order valence-corrected chi connectivity index (χ2v) is 7.82. The number of nitrogens with one attached hydrogen (secondary N) is 2. The SMILES string of the molecule is CCC(C)Oc1ccc(Nc2ncc(C(F)(F)F)c(Nc3cccc(I)c3)n2)cc1. The third-order valence-electron chi connectivity index (χ3n) is 4.20. The van der Waals surface area contributed by atoms with Gasteiger partial charge in [-0.3, -0.25) is 0 Å². The number of halogens is 4. The fourth-order valence-corrected chi connectivity index (χ4v) is 3.05. The maximum atomic E-state index is 13.4. The van der Waals surface area contributed by atoms with Crippen LogP contribution in [0.15, 0.2) is 54.7 Å². The first-order valence-electron chi connectivity index (χ1n) is 9.25. The third kappa shape index (κ3) is 5.97. The molecular formula is C21H20F3IN4O. The highest BCUT2D eigenvalue weighted by molar-refractivity contribution is 14.1. The highest BCUT2D eigenvalue weighted by Gasteiger charge is 2.35. The summed E-state index contributed by atoms with van der Waals surface area (Å²) >= 11 is 2.09. The summed E-state index contributed by atoms with van der Waals surface area (Å²) in [5, 5.41) is 5.68. The summed E-state index contributed by atoms with van der Waals surface area (Å²) in [6, 6.07) is 14.1. The van der Waals surface area contributed by atoms with Crippen molar-refractivity contribution in [3.63, 3.8) is 0 Å². The molecule has 3 aromatic rings. The summed E-state index contributed by atoms with van der Waals surface area (Å²) in [5.74, 6) is 0.440. The van der Waals surface area contributed by atoms with Crippen molar-refractivity contribution in [2.45, 2.75) is 32.5 Å². The van der Waals surface area contributed by atoms with Crippen molar-refractivity contribution in [1.29, 1.82) is 0 Å². The molecule has 2 N–H and O–H groups in total. The maximum Gasteiger partial charge on any atom is 0.421 e. The van der Waals surface area contributed by atoms with Crippen LogP contribution < -0.4 is 15.4 Å². The minimum absolute atomic E-state index is 0.0479. The van der Waals surface area contributed by atoms with Crippen LogP contribution in [0.3, 0.4) is 0 Å². The summed E-state index contributed by atoms with van der Waals surface area (Å²) in [6.07, 6.45) is -2.84. The van der Waals surface area contributed by atoms with Gasteiger partial charge in [0.1, 0.15) is 17.1 Å². The van der Waals surface area contributed by atoms with E-state index >= 15 is 0 Å². The number of nitrogens with zero attached hydrogens (tertiary/aromatic N) is 2. The molecule has 0 spiro atoms. The van der Waals surface area contributed by atoms with Gasteiger partial charge in [0.25, 0.3) is 0 Å². The van der Waals surface area contributed by atoms with E-state index < -0.39 is 11.7 Å². The number of hydrogen-bond acceptors (Lipinski definition) is 5. The number of alkyl halides is 3. The molecule has 0 saturated carbocycles. The molecule has 158 valence electrons. The summed E-state index contributed by atoms with van der Waals surface area (Å²) < 4.78 is 46.8. The molecule has 0 bridgehead atoms. The van der Waals surface area contributed by atoms with Crippen molar-refractivity contribution in [2.75, 3.05) is 10.6 Å². The van der Waals surface area contributed by atoms with Crippen LogP contribution >= 0.6 is 22.6 Å². The molecule has 0 fully saturated rings. The van der Waals surface area contributed by atoms with Crippen molar-refractivity contribution in [1.82, 2.24) is 9.97 Å². The first kappa shape index (κ1) is 22.1. The summed E-state index contributed by atoms with van der Waals surface area (Å²) in [4.78, 5) is 7.89. The van der Waals surface area contributed by atoms with E-state index in [1.54, 1.807) is 42.5 Å². The third-order valence-corrected chi connectivity index (χ3v) is 4.88. The zero-order valence-electron chi connectivity index (χ0n) is 16.3. The predicted molar refractivity (Wildman–Crippen MR) is 120 cm³/mol. The van der Waals surface area contributed by atoms with Gasteiger partial charge in [-0.2, -0.15) is 18.2 Å². The van der Waals surface area contributed by atoms with Crippen LogP contribution in [-0.2, 0) is 6.18 Å². The summed E-state index contributed by atoms with van der Waals surface area (Å²) in [7, 11) is 0. The highest BCUT2D eigenvalue weighted by atomic mass is 127. The van der Waals surface area contributed by atoms with Gasteiger partial charge in [-0.05, 0) is 78.4 Å². The molecule has 2 aromatic carbocycles. The molecule has 0 aliphatic rings. The van der Waals surface area contributed by atoms with Gasteiger partial charge >= 0.3 is 6.18 Å². The molecule has 1 unspecified atom stereocenters. The van der Waals surface area contributed by atoms with Gasteiger partial charge < -0.3 is 15.4 Å². The van der Waals surface area contributed by atoms with Crippen LogP contribution in [0.1, 0.15) is 25.8 Å². The van der Waals surface area contributed by atoms with Crippen molar-refractivity contribution < 1.29 is 17.9 Å². The fourth-order valence-electron chi connectivity index (χ4n) is 2.51. The lowest BCUT2D eigenvalue weighted by Crippen LogP contribution is -2.12. The van der Waals surface area contributed by atoms with Gasteiger partial charge in [-0.15, -0.1) is 0 Å². The molecule has 0 saturated heterocycles. The van der Waals surface area contributed by atoms with E-state index in [9.17, 15) is 13.2 Å². The van der Waals surface area contributed by atoms with Gasteiger partial charge in [-0.1, -0.05) is 13.0 Å². The fraction of sp³-hybridized carbons (Fsp3) is 0.238. The largest absolute Gasteiger partial charge is 0.491 e. The van der Waals surface area contributed by atoms with Crippen LogP contribution in [0.2, 0.25) is 0 Å². The Kier molecular flexibility index (Phi) is 7.01. The first-order valence-corrected chi connectivity index (χ1v) is 10.3. The Balaban J connectivity index is 1.83. The zero-order chi connectivity index (χ0) is 21.7. The molecule has 1 heterocycles. The molecule has 0 aliphatic heterocycles. The number of benzene rings is 2. The second kappa shape index (κ2) is 9.50. The van der Waals surface area contributed by atoms with E-state index in [-0.39, 0.29) is 17.9 Å². The molecule has 3 rings (SSSR count). The number of ether oxygens (including phenoxy) is 1. The Bertz CT molecular complexity index is 996. The monoisotopic (exact) mass is 528 g/mol. The summed E-state index contributed by atoms with van der Waals surface area (Å²) in [6.45, 7) is 4.01. The number of hydrogen-bond donors (Lipinski definition) is 2. The van der Waals surface area contributed by atoms with Crippen LogP contribution in [0, 0.1) is 3.57 Å². The zero-order valence-corrected chi connectivity index (χ0v) is 18.5. The average Bonchev–Trinajstić information content (AvgIpc) is 2.68. The van der Waals surface area contributed by atoms with Gasteiger partial charge in [0.05, 0.1) is 6.10 Å². The molecular weight excluding hydrogens is 508 g/mol. The second-order valence-electron chi connectivity index (χ2n) is 6.58. The van der Waals surface area contributed by atoms with E-state index in [1.165, 1.54) is 0 Å². The standard InChI is InChI=1S/C21H20F3IN4O/c1-3-13(2)30-17-9-7-15(8-10-17)28-20-26-12-18(21(22,23)24)19(29-20)27-16-6-4-5-14(25)11-16/h4-13H,3H2,1-2H3,(H2,26,27,28,29). The lowest BCUT2D eigenvalue weighted by Gasteiger charge is -2.15. The predicted octanol–water partition coefficient (Wildman–Crippen LogP) is 6.76. The van der Waals surface area contributed by atoms with Gasteiger partial charge in [-0.25, -0.2) is 4.98 Å². The van der Waals surface area contributed by atoms with Gasteiger partial charge in [0, 0.05) is 21.1 Å². The molecule has 1 atom stereocenters. The van der Waals surface area contributed by atoms with E-state index in [0.29, 0.717) is 17.1 Å². The minimum Gasteiger partial charge on any atom is -0.491 e. The Hall–Kier alpha value is -2.56. The number of anilines is 4. The smallest absolute Gasteiger partial charge is 0.421 e. The normalized spacial score (nSPS) is 12.3. The molecule has 0 aliphatic carbocycles. The Morgan fingerprint density at radius 2 is 1.80 bits per heavy atom. The van der Waals surface area contributed by atoms with Crippen molar-refractivity contribution >= 4 is 45.7 Å². The molecule has 9 heteroatoms. The molecule has 0 radical (unpaired) electrons. The van der Waals surface area contributed by atoms with Crippen LogP contribution in [0.25, 0.3) is 0 Å². The molecule has 5 nitrogen and oxygen atoms in total. The van der Waals surface area contributed by atoms with Crippen LogP contribution in [0.4, 0.5) is 36.3 Å². The lowest BCUT2D eigenvalue weighted by atomic mass is 10.2. The topological polar surface area (TPSA) is 59.1 Å². The van der Waals surface area contributed by atoms with E-state index in [2.05, 4.69) is 43.2 Å². The summed E-state index contributed by atoms with van der Waals surface area (Å²) in [5.41, 5.74) is 0.194. The van der Waals surface area contributed by atoms with Crippen molar-refractivity contribution in [3.05, 3.63) is 63.9 Å². The molecule has 1 aromatic heterocycles. The minimum atomic E-state index is -4.59. The van der Waals surface area contributed by atoms with E-state index in [1.807, 2.05) is 19.9 Å². The lowest BCUT2D eigenvalue weighted by molar-refractivity contribution is -0.137. The first-order chi connectivity index (χ1) is 14.2. The Morgan fingerprint density at radius 3 is 2.43 bits per heavy atom. The van der Waals surface area contributed by atoms with Crippen molar-refractivity contribution in [2.24, 2.45) is 0 Å². The number of aromatic nitrogens is 2. The Morgan fingerprint density at radius 1 is 1.07 bits per heavy atom. The average molecular weight is 528 g/mol. The highest BCUT2D eigenvalue weighted by Crippen LogP contribution is 2.35. The Labute approximate surface area is 186 Å². The van der Waals surface area contributed by atoms with Crippen molar-refractivity contribution in [3.8, 4) is 5.75 Å². The van der Waals surface area contributed by atoms with E-state index in [4.69, 9.17) is 4.74 Å². The van der Waals surface area contributed by atoms with E-state index in [0.717, 1.165) is 16.2 Å². The number of rotatable bonds is 7. The van der Waals surface area contributed by atoms with Crippen LogP contribution in [-0.4, -0.2) is 16.1 Å². The maximum absolute atomic E-state index is 13.4. The quantitative estimate of drug-likeness (QED) is 0.332. The molecule has 0 amide bonds. The van der Waals surface area contributed by atoms with Crippen LogP contribution in [0.5, 0.6) is 5.75 Å². The van der Waals surface area contributed by atoms with Gasteiger partial charge in [0.2, 0.25) is 5.95 Å². The van der Waals surface area contributed by atoms with Gasteiger partial charge in [0.15, 0.2) is 0 Å².